The Labute approximate surface area is 87.4 Å². The number of rotatable bonds is 6. The summed E-state index contributed by atoms with van der Waals surface area (Å²) < 4.78 is 21.7. The fourth-order valence-electron chi connectivity index (χ4n) is 1.34. The molecule has 0 aromatic heterocycles. The number of hydrogen-bond donors (Lipinski definition) is 1. The van der Waals surface area contributed by atoms with Crippen LogP contribution in [0.5, 0.6) is 0 Å². The van der Waals surface area contributed by atoms with Crippen LogP contribution in [-0.2, 0) is 10.0 Å². The Morgan fingerprint density at radius 3 is 2.29 bits per heavy atom. The summed E-state index contributed by atoms with van der Waals surface area (Å²) in [4.78, 5) is 0. The quantitative estimate of drug-likeness (QED) is 0.694. The van der Waals surface area contributed by atoms with E-state index in [1.807, 2.05) is 19.9 Å². The lowest BCUT2D eigenvalue weighted by atomic mass is 9.93. The summed E-state index contributed by atoms with van der Waals surface area (Å²) in [5.74, 6) is 0.615. The molecule has 0 aromatic carbocycles. The van der Waals surface area contributed by atoms with Gasteiger partial charge in [-0.3, -0.25) is 0 Å². The highest BCUT2D eigenvalue weighted by Crippen LogP contribution is 2.18. The van der Waals surface area contributed by atoms with Gasteiger partial charge >= 0.3 is 0 Å². The minimum atomic E-state index is -3.32. The van der Waals surface area contributed by atoms with Gasteiger partial charge in [0.1, 0.15) is 0 Å². The van der Waals surface area contributed by atoms with E-state index in [1.54, 1.807) is 0 Å². The third-order valence-electron chi connectivity index (χ3n) is 2.49. The van der Waals surface area contributed by atoms with Crippen molar-refractivity contribution in [2.24, 2.45) is 17.0 Å². The second-order valence-corrected chi connectivity index (χ2v) is 5.59. The average Bonchev–Trinajstić information content (AvgIpc) is 2.01. The molecule has 0 radical (unpaired) electrons. The van der Waals surface area contributed by atoms with Crippen LogP contribution in [0.1, 0.15) is 33.6 Å². The molecular formula is C10H21NO2S. The zero-order valence-electron chi connectivity index (χ0n) is 9.23. The zero-order chi connectivity index (χ0) is 11.2. The van der Waals surface area contributed by atoms with E-state index in [9.17, 15) is 8.42 Å². The molecule has 3 nitrogen and oxygen atoms in total. The Morgan fingerprint density at radius 1 is 1.29 bits per heavy atom. The third kappa shape index (κ3) is 7.09. The third-order valence-corrected chi connectivity index (χ3v) is 3.48. The first-order chi connectivity index (χ1) is 6.37. The fraction of sp³-hybridized carbons (Fsp3) is 0.800. The summed E-state index contributed by atoms with van der Waals surface area (Å²) in [5.41, 5.74) is 0. The Balaban J connectivity index is 3.93. The molecule has 0 aliphatic heterocycles. The predicted octanol–water partition coefficient (Wildman–Crippen LogP) is 1.90. The molecule has 0 bridgehead atoms. The molecule has 0 aliphatic carbocycles. The molecule has 0 fully saturated rings. The largest absolute Gasteiger partial charge is 0.229 e. The van der Waals surface area contributed by atoms with Crippen LogP contribution in [0.25, 0.3) is 0 Å². The zero-order valence-corrected chi connectivity index (χ0v) is 10.0. The maximum absolute atomic E-state index is 10.8. The van der Waals surface area contributed by atoms with Crippen LogP contribution in [0.4, 0.5) is 0 Å². The second kappa shape index (κ2) is 6.19. The molecule has 2 unspecified atom stereocenters. The van der Waals surface area contributed by atoms with E-state index in [4.69, 9.17) is 5.14 Å². The Kier molecular flexibility index (Phi) is 6.04. The summed E-state index contributed by atoms with van der Waals surface area (Å²) in [6.07, 6.45) is 6.13. The summed E-state index contributed by atoms with van der Waals surface area (Å²) in [5, 5.41) is 4.99. The van der Waals surface area contributed by atoms with Crippen molar-refractivity contribution in [2.75, 3.05) is 5.75 Å². The number of hydrogen-bond acceptors (Lipinski definition) is 2. The minimum Gasteiger partial charge on any atom is -0.229 e. The summed E-state index contributed by atoms with van der Waals surface area (Å²) in [7, 11) is -3.32. The van der Waals surface area contributed by atoms with E-state index in [1.165, 1.54) is 0 Å². The molecule has 0 saturated heterocycles. The highest BCUT2D eigenvalue weighted by Gasteiger charge is 2.16. The van der Waals surface area contributed by atoms with Crippen molar-refractivity contribution in [1.82, 2.24) is 0 Å². The van der Waals surface area contributed by atoms with Crippen molar-refractivity contribution in [3.05, 3.63) is 12.2 Å². The summed E-state index contributed by atoms with van der Waals surface area (Å²) in [6, 6.07) is 0. The van der Waals surface area contributed by atoms with E-state index in [-0.39, 0.29) is 11.7 Å². The van der Waals surface area contributed by atoms with Gasteiger partial charge in [-0.25, -0.2) is 13.6 Å². The molecule has 2 N–H and O–H groups in total. The van der Waals surface area contributed by atoms with E-state index in [2.05, 4.69) is 13.0 Å². The first-order valence-electron chi connectivity index (χ1n) is 4.98. The molecule has 84 valence electrons. The molecule has 0 rings (SSSR count). The van der Waals surface area contributed by atoms with Crippen molar-refractivity contribution in [1.29, 1.82) is 0 Å². The number of primary sulfonamides is 1. The van der Waals surface area contributed by atoms with Gasteiger partial charge in [-0.1, -0.05) is 26.0 Å². The van der Waals surface area contributed by atoms with Crippen LogP contribution in [0.15, 0.2) is 12.2 Å². The molecular weight excluding hydrogens is 198 g/mol. The Hall–Kier alpha value is -0.350. The SMILES string of the molecule is CC=CCCC(C)C(C)CS(N)(=O)=O. The first kappa shape index (κ1) is 13.7. The van der Waals surface area contributed by atoms with E-state index >= 15 is 0 Å². The molecule has 0 aromatic rings. The van der Waals surface area contributed by atoms with E-state index in [0.29, 0.717) is 5.92 Å². The molecule has 0 heterocycles. The van der Waals surface area contributed by atoms with E-state index < -0.39 is 10.0 Å². The fourth-order valence-corrected chi connectivity index (χ4v) is 2.40. The van der Waals surface area contributed by atoms with Gasteiger partial charge in [-0.05, 0) is 31.6 Å². The van der Waals surface area contributed by atoms with Crippen LogP contribution in [0, 0.1) is 11.8 Å². The molecule has 4 heteroatoms. The molecule has 0 amide bonds. The molecule has 0 aliphatic rings. The highest BCUT2D eigenvalue weighted by atomic mass is 32.2. The lowest BCUT2D eigenvalue weighted by molar-refractivity contribution is 0.394. The normalized spacial score (nSPS) is 17.1. The minimum absolute atomic E-state index is 0.0873. The molecule has 14 heavy (non-hydrogen) atoms. The number of nitrogens with two attached hydrogens (primary N) is 1. The maximum atomic E-state index is 10.8. The van der Waals surface area contributed by atoms with Gasteiger partial charge in [0, 0.05) is 0 Å². The number of allylic oxidation sites excluding steroid dienone is 2. The van der Waals surface area contributed by atoms with Crippen molar-refractivity contribution in [3.8, 4) is 0 Å². The standard InChI is InChI=1S/C10H21NO2S/c1-4-5-6-7-9(2)10(3)8-14(11,12)13/h4-5,9-10H,6-8H2,1-3H3,(H2,11,12,13). The van der Waals surface area contributed by atoms with Crippen LogP contribution < -0.4 is 5.14 Å². The van der Waals surface area contributed by atoms with Gasteiger partial charge in [-0.15, -0.1) is 0 Å². The van der Waals surface area contributed by atoms with Gasteiger partial charge in [0.25, 0.3) is 0 Å². The van der Waals surface area contributed by atoms with Crippen LogP contribution in [-0.4, -0.2) is 14.2 Å². The average molecular weight is 219 g/mol. The lowest BCUT2D eigenvalue weighted by Crippen LogP contribution is -2.25. The molecule has 0 spiro atoms. The van der Waals surface area contributed by atoms with Gasteiger partial charge < -0.3 is 0 Å². The lowest BCUT2D eigenvalue weighted by Gasteiger charge is -2.17. The summed E-state index contributed by atoms with van der Waals surface area (Å²) >= 11 is 0. The maximum Gasteiger partial charge on any atom is 0.209 e. The van der Waals surface area contributed by atoms with Gasteiger partial charge in [0.05, 0.1) is 5.75 Å². The first-order valence-corrected chi connectivity index (χ1v) is 6.70. The Morgan fingerprint density at radius 2 is 1.86 bits per heavy atom. The van der Waals surface area contributed by atoms with Crippen molar-refractivity contribution in [2.45, 2.75) is 33.6 Å². The topological polar surface area (TPSA) is 60.2 Å². The van der Waals surface area contributed by atoms with Crippen molar-refractivity contribution in [3.63, 3.8) is 0 Å². The molecule has 2 atom stereocenters. The summed E-state index contributed by atoms with van der Waals surface area (Å²) in [6.45, 7) is 5.99. The van der Waals surface area contributed by atoms with Crippen LogP contribution in [0.3, 0.4) is 0 Å². The van der Waals surface area contributed by atoms with E-state index in [0.717, 1.165) is 12.8 Å². The van der Waals surface area contributed by atoms with Gasteiger partial charge in [0.15, 0.2) is 0 Å². The number of sulfonamides is 1. The van der Waals surface area contributed by atoms with Gasteiger partial charge in [-0.2, -0.15) is 0 Å². The van der Waals surface area contributed by atoms with Crippen molar-refractivity contribution >= 4 is 10.0 Å². The van der Waals surface area contributed by atoms with Crippen LogP contribution in [0.2, 0.25) is 0 Å². The van der Waals surface area contributed by atoms with Gasteiger partial charge in [0.2, 0.25) is 10.0 Å². The van der Waals surface area contributed by atoms with Crippen molar-refractivity contribution < 1.29 is 8.42 Å². The smallest absolute Gasteiger partial charge is 0.209 e. The monoisotopic (exact) mass is 219 g/mol. The highest BCUT2D eigenvalue weighted by molar-refractivity contribution is 7.89. The molecule has 0 saturated carbocycles. The second-order valence-electron chi connectivity index (χ2n) is 3.93. The Bertz CT molecular complexity index is 270. The van der Waals surface area contributed by atoms with Crippen LogP contribution >= 0.6 is 0 Å². The predicted molar refractivity (Wildman–Crippen MR) is 60.4 cm³/mol.